The zero-order valence-corrected chi connectivity index (χ0v) is 13.2. The Morgan fingerprint density at radius 1 is 1.36 bits per heavy atom. The molecular formula is C17H24N2O3. The second kappa shape index (κ2) is 7.29. The third-order valence-electron chi connectivity index (χ3n) is 4.07. The largest absolute Gasteiger partial charge is 0.481 e. The molecule has 1 aliphatic rings. The second-order valence-corrected chi connectivity index (χ2v) is 6.25. The van der Waals surface area contributed by atoms with Crippen molar-refractivity contribution in [3.05, 3.63) is 35.4 Å². The number of carbonyl (C=O) groups excluding carboxylic acids is 1. The smallest absolute Gasteiger partial charge is 0.317 e. The third-order valence-corrected chi connectivity index (χ3v) is 4.07. The maximum Gasteiger partial charge on any atom is 0.317 e. The number of benzene rings is 1. The fourth-order valence-corrected chi connectivity index (χ4v) is 2.99. The van der Waals surface area contributed by atoms with Gasteiger partial charge in [0, 0.05) is 19.6 Å². The molecule has 2 amide bonds. The minimum absolute atomic E-state index is 0.162. The van der Waals surface area contributed by atoms with Crippen LogP contribution in [0.4, 0.5) is 4.79 Å². The van der Waals surface area contributed by atoms with Crippen LogP contribution in [0.2, 0.25) is 0 Å². The van der Waals surface area contributed by atoms with Crippen LogP contribution in [0.15, 0.2) is 24.3 Å². The molecule has 2 atom stereocenters. The average Bonchev–Trinajstić information content (AvgIpc) is 2.46. The first-order chi connectivity index (χ1) is 10.5. The summed E-state index contributed by atoms with van der Waals surface area (Å²) in [6.45, 7) is 5.52. The SMILES string of the molecule is Cc1cccc(CCNC(=O)N2CC(C)CC(C(=O)O)C2)c1. The van der Waals surface area contributed by atoms with Crippen LogP contribution in [-0.4, -0.2) is 41.6 Å². The number of piperidine rings is 1. The van der Waals surface area contributed by atoms with Crippen LogP contribution in [-0.2, 0) is 11.2 Å². The number of hydrogen-bond acceptors (Lipinski definition) is 2. The first kappa shape index (κ1) is 16.3. The fourth-order valence-electron chi connectivity index (χ4n) is 2.99. The van der Waals surface area contributed by atoms with E-state index in [1.807, 2.05) is 32.0 Å². The van der Waals surface area contributed by atoms with Crippen LogP contribution in [0.3, 0.4) is 0 Å². The van der Waals surface area contributed by atoms with E-state index in [1.54, 1.807) is 4.90 Å². The van der Waals surface area contributed by atoms with Gasteiger partial charge in [0.15, 0.2) is 0 Å². The van der Waals surface area contributed by atoms with E-state index >= 15 is 0 Å². The van der Waals surface area contributed by atoms with E-state index in [-0.39, 0.29) is 11.9 Å². The molecule has 0 bridgehead atoms. The number of amides is 2. The van der Waals surface area contributed by atoms with Gasteiger partial charge >= 0.3 is 12.0 Å². The highest BCUT2D eigenvalue weighted by atomic mass is 16.4. The predicted molar refractivity (Wildman–Crippen MR) is 84.8 cm³/mol. The normalized spacial score (nSPS) is 21.5. The van der Waals surface area contributed by atoms with Crippen LogP contribution in [0.1, 0.15) is 24.5 Å². The fraction of sp³-hybridized carbons (Fsp3) is 0.529. The number of aliphatic carboxylic acids is 1. The Kier molecular flexibility index (Phi) is 5.41. The van der Waals surface area contributed by atoms with Crippen molar-refractivity contribution in [1.82, 2.24) is 10.2 Å². The van der Waals surface area contributed by atoms with E-state index in [0.29, 0.717) is 26.1 Å². The van der Waals surface area contributed by atoms with E-state index in [2.05, 4.69) is 11.4 Å². The Morgan fingerprint density at radius 2 is 2.14 bits per heavy atom. The van der Waals surface area contributed by atoms with Gasteiger partial charge in [0.25, 0.3) is 0 Å². The van der Waals surface area contributed by atoms with Crippen LogP contribution in [0, 0.1) is 18.8 Å². The molecule has 1 saturated heterocycles. The van der Waals surface area contributed by atoms with Gasteiger partial charge in [-0.25, -0.2) is 4.79 Å². The molecule has 0 spiro atoms. The first-order valence-electron chi connectivity index (χ1n) is 7.77. The Balaban J connectivity index is 1.82. The van der Waals surface area contributed by atoms with E-state index in [9.17, 15) is 9.59 Å². The lowest BCUT2D eigenvalue weighted by Crippen LogP contribution is -2.49. The summed E-state index contributed by atoms with van der Waals surface area (Å²) in [5.74, 6) is -1.05. The van der Waals surface area contributed by atoms with Crippen LogP contribution in [0.5, 0.6) is 0 Å². The van der Waals surface area contributed by atoms with Crippen molar-refractivity contribution >= 4 is 12.0 Å². The number of aryl methyl sites for hydroxylation is 1. The molecule has 1 heterocycles. The highest BCUT2D eigenvalue weighted by Gasteiger charge is 2.31. The van der Waals surface area contributed by atoms with Crippen LogP contribution < -0.4 is 5.32 Å². The van der Waals surface area contributed by atoms with Crippen LogP contribution >= 0.6 is 0 Å². The number of nitrogens with one attached hydrogen (secondary N) is 1. The average molecular weight is 304 g/mol. The van der Waals surface area contributed by atoms with Gasteiger partial charge in [-0.15, -0.1) is 0 Å². The van der Waals surface area contributed by atoms with Gasteiger partial charge in [0.2, 0.25) is 0 Å². The molecule has 0 radical (unpaired) electrons. The minimum Gasteiger partial charge on any atom is -0.481 e. The molecule has 1 fully saturated rings. The van der Waals surface area contributed by atoms with Gasteiger partial charge in [0.1, 0.15) is 0 Å². The number of rotatable bonds is 4. The van der Waals surface area contributed by atoms with E-state index in [1.165, 1.54) is 11.1 Å². The topological polar surface area (TPSA) is 69.6 Å². The standard InChI is InChI=1S/C17H24N2O3/c1-12-4-3-5-14(8-12)6-7-18-17(22)19-10-13(2)9-15(11-19)16(20)21/h3-5,8,13,15H,6-7,9-11H2,1-2H3,(H,18,22)(H,20,21). The van der Waals surface area contributed by atoms with Crippen molar-refractivity contribution in [2.75, 3.05) is 19.6 Å². The molecular weight excluding hydrogens is 280 g/mol. The quantitative estimate of drug-likeness (QED) is 0.896. The molecule has 5 heteroatoms. The molecule has 0 aromatic heterocycles. The Morgan fingerprint density at radius 3 is 2.82 bits per heavy atom. The zero-order valence-electron chi connectivity index (χ0n) is 13.2. The van der Waals surface area contributed by atoms with Crippen LogP contribution in [0.25, 0.3) is 0 Å². The van der Waals surface area contributed by atoms with Crippen molar-refractivity contribution in [2.45, 2.75) is 26.7 Å². The number of nitrogens with zero attached hydrogens (tertiary/aromatic N) is 1. The molecule has 2 N–H and O–H groups in total. The number of carboxylic acid groups (broad SMARTS) is 1. The van der Waals surface area contributed by atoms with Crippen molar-refractivity contribution in [3.8, 4) is 0 Å². The number of hydrogen-bond donors (Lipinski definition) is 2. The Hall–Kier alpha value is -2.04. The van der Waals surface area contributed by atoms with Crippen molar-refractivity contribution < 1.29 is 14.7 Å². The number of carboxylic acids is 1. The summed E-state index contributed by atoms with van der Waals surface area (Å²) in [5.41, 5.74) is 2.40. The van der Waals surface area contributed by atoms with Gasteiger partial charge in [-0.1, -0.05) is 36.8 Å². The zero-order chi connectivity index (χ0) is 16.1. The molecule has 2 rings (SSSR count). The molecule has 0 saturated carbocycles. The summed E-state index contributed by atoms with van der Waals surface area (Å²) in [7, 11) is 0. The lowest BCUT2D eigenvalue weighted by molar-refractivity contribution is -0.143. The molecule has 2 unspecified atom stereocenters. The second-order valence-electron chi connectivity index (χ2n) is 6.25. The highest BCUT2D eigenvalue weighted by Crippen LogP contribution is 2.21. The molecule has 1 aromatic rings. The molecule has 1 aromatic carbocycles. The third kappa shape index (κ3) is 4.48. The van der Waals surface area contributed by atoms with E-state index in [4.69, 9.17) is 5.11 Å². The summed E-state index contributed by atoms with van der Waals surface area (Å²) >= 11 is 0. The van der Waals surface area contributed by atoms with Gasteiger partial charge in [-0.3, -0.25) is 4.79 Å². The number of carbonyl (C=O) groups is 2. The number of likely N-dealkylation sites (tertiary alicyclic amines) is 1. The van der Waals surface area contributed by atoms with E-state index < -0.39 is 11.9 Å². The van der Waals surface area contributed by atoms with E-state index in [0.717, 1.165) is 6.42 Å². The maximum atomic E-state index is 12.2. The minimum atomic E-state index is -0.816. The number of urea groups is 1. The lowest BCUT2D eigenvalue weighted by atomic mass is 9.91. The van der Waals surface area contributed by atoms with Gasteiger partial charge in [-0.05, 0) is 31.2 Å². The molecule has 120 valence electrons. The summed E-state index contributed by atoms with van der Waals surface area (Å²) in [6.07, 6.45) is 1.42. The summed E-state index contributed by atoms with van der Waals surface area (Å²) in [6, 6.07) is 8.04. The first-order valence-corrected chi connectivity index (χ1v) is 7.77. The Labute approximate surface area is 131 Å². The van der Waals surface area contributed by atoms with Crippen molar-refractivity contribution in [1.29, 1.82) is 0 Å². The summed E-state index contributed by atoms with van der Waals surface area (Å²) in [4.78, 5) is 25.0. The Bertz CT molecular complexity index is 544. The highest BCUT2D eigenvalue weighted by molar-refractivity contribution is 5.76. The molecule has 1 aliphatic heterocycles. The lowest BCUT2D eigenvalue weighted by Gasteiger charge is -2.34. The predicted octanol–water partition coefficient (Wildman–Crippen LogP) is 2.29. The summed E-state index contributed by atoms with van der Waals surface area (Å²) in [5, 5.41) is 12.0. The molecule has 22 heavy (non-hydrogen) atoms. The monoisotopic (exact) mass is 304 g/mol. The van der Waals surface area contributed by atoms with Gasteiger partial charge in [-0.2, -0.15) is 0 Å². The van der Waals surface area contributed by atoms with Gasteiger partial charge < -0.3 is 15.3 Å². The molecule has 0 aliphatic carbocycles. The summed E-state index contributed by atoms with van der Waals surface area (Å²) < 4.78 is 0. The van der Waals surface area contributed by atoms with Gasteiger partial charge in [0.05, 0.1) is 5.92 Å². The molecule has 5 nitrogen and oxygen atoms in total. The maximum absolute atomic E-state index is 12.2. The van der Waals surface area contributed by atoms with Crippen molar-refractivity contribution in [3.63, 3.8) is 0 Å². The van der Waals surface area contributed by atoms with Crippen molar-refractivity contribution in [2.24, 2.45) is 11.8 Å².